The Kier molecular flexibility index (Phi) is 10.9. The van der Waals surface area contributed by atoms with Crippen LogP contribution in [0.15, 0.2) is 36.7 Å². The van der Waals surface area contributed by atoms with Crippen LogP contribution in [0.4, 0.5) is 5.82 Å². The maximum atomic E-state index is 7.42. The summed E-state index contributed by atoms with van der Waals surface area (Å²) in [5.74, 6) is 0.979. The fourth-order valence-electron chi connectivity index (χ4n) is 4.91. The van der Waals surface area contributed by atoms with Gasteiger partial charge in [0, 0.05) is 0 Å². The summed E-state index contributed by atoms with van der Waals surface area (Å²) >= 11 is 0. The summed E-state index contributed by atoms with van der Waals surface area (Å²) in [4.78, 5) is 14.0. The predicted octanol–water partition coefficient (Wildman–Crippen LogP) is 9.28. The average Bonchev–Trinajstić information content (AvgIpc) is 3.47. The van der Waals surface area contributed by atoms with Crippen molar-refractivity contribution in [2.24, 2.45) is 0 Å². The van der Waals surface area contributed by atoms with E-state index >= 15 is 0 Å². The molecule has 3 heterocycles. The molecule has 1 aliphatic rings. The van der Waals surface area contributed by atoms with E-state index in [9.17, 15) is 0 Å². The number of nitrogens with two attached hydrogens (primary N) is 1. The second kappa shape index (κ2) is 13.5. The summed E-state index contributed by atoms with van der Waals surface area (Å²) < 4.78 is 30.9. The third-order valence-corrected chi connectivity index (χ3v) is 24.6. The molecule has 2 aromatic heterocycles. The molecule has 1 aromatic carbocycles. The second-order valence-electron chi connectivity index (χ2n) is 17.8. The Balaban J connectivity index is 1.94. The zero-order valence-corrected chi connectivity index (χ0v) is 35.1. The normalized spacial score (nSPS) is 21.9. The van der Waals surface area contributed by atoms with Crippen molar-refractivity contribution in [2.45, 2.75) is 141 Å². The summed E-state index contributed by atoms with van der Waals surface area (Å²) in [6.45, 7) is 34.5. The molecule has 0 unspecified atom stereocenters. The molecular weight excluding hydrogens is 651 g/mol. The van der Waals surface area contributed by atoms with Gasteiger partial charge in [-0.3, -0.25) is 4.57 Å². The molecule has 1 fully saturated rings. The summed E-state index contributed by atoms with van der Waals surface area (Å²) in [5, 5.41) is -0.0267. The fourth-order valence-corrected chi connectivity index (χ4v) is 8.52. The van der Waals surface area contributed by atoms with E-state index in [1.165, 1.54) is 6.33 Å². The van der Waals surface area contributed by atoms with Crippen LogP contribution in [0.1, 0.15) is 79.9 Å². The van der Waals surface area contributed by atoms with E-state index in [1.807, 2.05) is 34.9 Å². The number of hydrogen-bond donors (Lipinski definition) is 1. The number of ether oxygens (including phenoxy) is 1. The zero-order valence-electron chi connectivity index (χ0n) is 32.1. The molecule has 48 heavy (non-hydrogen) atoms. The summed E-state index contributed by atoms with van der Waals surface area (Å²) in [5.41, 5.74) is 8.59. The zero-order chi connectivity index (χ0) is 36.1. The van der Waals surface area contributed by atoms with Gasteiger partial charge in [0.2, 0.25) is 0 Å². The first kappa shape index (κ1) is 38.6. The highest BCUT2D eigenvalue weighted by molar-refractivity contribution is 6.75. The van der Waals surface area contributed by atoms with Gasteiger partial charge in [-0.05, 0) is 66.0 Å². The molecule has 266 valence electrons. The summed E-state index contributed by atoms with van der Waals surface area (Å²) in [6, 6.07) is 10.2. The van der Waals surface area contributed by atoms with Crippen molar-refractivity contribution in [3.63, 3.8) is 0 Å². The van der Waals surface area contributed by atoms with Gasteiger partial charge >= 0.3 is 0 Å². The van der Waals surface area contributed by atoms with Crippen molar-refractivity contribution in [3.05, 3.63) is 48.0 Å². The molecule has 1 aliphatic heterocycles. The average molecular weight is 712 g/mol. The van der Waals surface area contributed by atoms with Gasteiger partial charge in [0.1, 0.15) is 30.5 Å². The first-order valence-electron chi connectivity index (χ1n) is 17.2. The van der Waals surface area contributed by atoms with Crippen molar-refractivity contribution >= 4 is 54.1 Å². The maximum Gasteiger partial charge on any atom is 0.192 e. The van der Waals surface area contributed by atoms with Crippen molar-refractivity contribution in [2.75, 3.05) is 12.3 Å². The van der Waals surface area contributed by atoms with Crippen molar-refractivity contribution in [3.8, 4) is 0 Å². The van der Waals surface area contributed by atoms with Gasteiger partial charge in [0.25, 0.3) is 0 Å². The van der Waals surface area contributed by atoms with Gasteiger partial charge in [-0.15, -0.1) is 0 Å². The van der Waals surface area contributed by atoms with Crippen LogP contribution in [0.25, 0.3) is 23.3 Å². The molecule has 0 saturated carbocycles. The van der Waals surface area contributed by atoms with Gasteiger partial charge in [-0.2, -0.15) is 0 Å². The monoisotopic (exact) mass is 711 g/mol. The van der Waals surface area contributed by atoms with Crippen molar-refractivity contribution in [1.82, 2.24) is 19.5 Å². The lowest BCUT2D eigenvalue weighted by molar-refractivity contribution is -0.0473. The Morgan fingerprint density at radius 2 is 1.31 bits per heavy atom. The van der Waals surface area contributed by atoms with Crippen molar-refractivity contribution in [1.29, 1.82) is 0 Å². The minimum atomic E-state index is -2.36. The van der Waals surface area contributed by atoms with Crippen LogP contribution in [-0.2, 0) is 18.0 Å². The lowest BCUT2D eigenvalue weighted by atomic mass is 10.1. The highest BCUT2D eigenvalue weighted by Crippen LogP contribution is 2.47. The Hall–Kier alpha value is -2.20. The first-order chi connectivity index (χ1) is 21.9. The molecule has 3 aromatic rings. The van der Waals surface area contributed by atoms with E-state index < -0.39 is 37.3 Å². The third-order valence-electron chi connectivity index (χ3n) is 11.2. The molecule has 12 heteroatoms. The van der Waals surface area contributed by atoms with Crippen molar-refractivity contribution < 1.29 is 18.0 Å². The molecule has 9 nitrogen and oxygen atoms in total. The van der Waals surface area contributed by atoms with Gasteiger partial charge < -0.3 is 23.7 Å². The Morgan fingerprint density at radius 3 is 1.85 bits per heavy atom. The minimum absolute atomic E-state index is 0.0234. The highest BCUT2D eigenvalue weighted by Gasteiger charge is 2.55. The van der Waals surface area contributed by atoms with E-state index in [4.69, 9.17) is 33.7 Å². The number of nitrogens with zero attached hydrogens (tertiary/aromatic N) is 4. The number of imidazole rings is 1. The second-order valence-corrected chi connectivity index (χ2v) is 32.2. The number of anilines is 1. The quantitative estimate of drug-likeness (QED) is 0.208. The number of hydrogen-bond acceptors (Lipinski definition) is 8. The molecule has 4 atom stereocenters. The highest BCUT2D eigenvalue weighted by atomic mass is 28.4. The van der Waals surface area contributed by atoms with Crippen LogP contribution >= 0.6 is 0 Å². The smallest absolute Gasteiger partial charge is 0.192 e. The van der Waals surface area contributed by atoms with E-state index in [2.05, 4.69) is 119 Å². The molecule has 0 bridgehead atoms. The van der Waals surface area contributed by atoms with E-state index in [-0.39, 0.29) is 27.3 Å². The van der Waals surface area contributed by atoms with E-state index in [0.717, 1.165) is 5.56 Å². The fraction of sp³-hybridized carbons (Fsp3) is 0.639. The van der Waals surface area contributed by atoms with E-state index in [1.54, 1.807) is 0 Å². The molecular formula is C36H61N5O4Si3. The number of rotatable bonds is 10. The first-order valence-corrected chi connectivity index (χ1v) is 26.0. The molecule has 0 amide bonds. The largest absolute Gasteiger partial charge is 0.414 e. The Bertz CT molecular complexity index is 1590. The molecule has 2 N–H and O–H groups in total. The lowest BCUT2D eigenvalue weighted by Crippen LogP contribution is -2.54. The molecule has 4 rings (SSSR count). The van der Waals surface area contributed by atoms with Gasteiger partial charge in [0.15, 0.2) is 48.2 Å². The van der Waals surface area contributed by atoms with Crippen LogP contribution in [-0.4, -0.2) is 69.4 Å². The van der Waals surface area contributed by atoms with Crippen LogP contribution < -0.4 is 5.73 Å². The third kappa shape index (κ3) is 8.06. The topological polar surface area (TPSA) is 107 Å². The standard InChI is InChI=1S/C36H61N5O4Si3/c1-34(2,3)46(10,11)42-23-26-29(44-47(12,13)35(4,5)6)30(45-48(14,15)36(7,8)9)33(43-26)41-27(22-21-25-19-17-16-18-20-25)40-28-31(37)38-24-39-32(28)41/h16-22,24,26,29-30,33H,23H2,1-15H3,(H2,37,38,39)/b22-21+/t26-,29-,30-,33-/m1/s1. The number of benzene rings is 1. The maximum absolute atomic E-state index is 7.42. The number of fused-ring (bicyclic) bond motifs is 1. The van der Waals surface area contributed by atoms with Crippen LogP contribution in [0.2, 0.25) is 54.4 Å². The Labute approximate surface area is 292 Å². The lowest BCUT2D eigenvalue weighted by Gasteiger charge is -2.44. The summed E-state index contributed by atoms with van der Waals surface area (Å²) in [6.07, 6.45) is 3.71. The number of aromatic nitrogens is 4. The molecule has 0 spiro atoms. The molecule has 1 saturated heterocycles. The van der Waals surface area contributed by atoms with Gasteiger partial charge in [-0.25, -0.2) is 15.0 Å². The van der Waals surface area contributed by atoms with Gasteiger partial charge in [0.05, 0.1) is 6.61 Å². The van der Waals surface area contributed by atoms with E-state index in [0.29, 0.717) is 29.4 Å². The SMILES string of the molecule is CC(C)(C)[Si](C)(C)OC[C@H]1O[C@@H](n2c(/C=C/c3ccccc3)nc3c(N)ncnc32)[C@H](O[Si](C)(C)C(C)(C)C)[C@@H]1O[Si](C)(C)C(C)(C)C. The Morgan fingerprint density at radius 1 is 0.771 bits per heavy atom. The van der Waals surface area contributed by atoms with Gasteiger partial charge in [-0.1, -0.05) is 98.7 Å². The van der Waals surface area contributed by atoms with Crippen LogP contribution in [0.5, 0.6) is 0 Å². The van der Waals surface area contributed by atoms with Crippen LogP contribution in [0, 0.1) is 0 Å². The summed E-state index contributed by atoms with van der Waals surface area (Å²) in [7, 11) is -6.79. The molecule has 0 radical (unpaired) electrons. The predicted molar refractivity (Wildman–Crippen MR) is 206 cm³/mol. The minimum Gasteiger partial charge on any atom is -0.414 e. The number of nitrogen functional groups attached to an aromatic ring is 1. The molecule has 0 aliphatic carbocycles. The van der Waals surface area contributed by atoms with Crippen LogP contribution in [0.3, 0.4) is 0 Å².